The average molecular weight is 496 g/mol. The molecule has 5 nitrogen and oxygen atoms in total. The highest BCUT2D eigenvalue weighted by atomic mass is 127. The minimum absolute atomic E-state index is 0. The molecule has 162 valence electrons. The number of guanidine groups is 1. The molecule has 6 heteroatoms. The Morgan fingerprint density at radius 2 is 1.81 bits per heavy atom. The lowest BCUT2D eigenvalue weighted by atomic mass is 9.94. The van der Waals surface area contributed by atoms with Crippen LogP contribution in [0, 0.1) is 5.92 Å². The maximum absolute atomic E-state index is 4.83. The van der Waals surface area contributed by atoms with Gasteiger partial charge < -0.3 is 20.4 Å². The lowest BCUT2D eigenvalue weighted by Gasteiger charge is -2.30. The number of nitrogens with one attached hydrogen (secondary N) is 2. The summed E-state index contributed by atoms with van der Waals surface area (Å²) in [4.78, 5) is 9.89. The molecule has 1 heterocycles. The standard InChI is InChI=1S/C21H45N5.HI/c1-6-22-21(24-19(5)11-10-16-25(7-2)8-3)23-15-12-20-13-17-26(9-4)18-14-20;/h19-20H,6-18H2,1-5H3,(H2,22,23,24);1H. The van der Waals surface area contributed by atoms with Crippen LogP contribution in [-0.2, 0) is 0 Å². The molecule has 0 aliphatic carbocycles. The molecule has 1 saturated heterocycles. The molecule has 0 radical (unpaired) electrons. The summed E-state index contributed by atoms with van der Waals surface area (Å²) in [6, 6.07) is 0.469. The molecule has 1 aliphatic heterocycles. The largest absolute Gasteiger partial charge is 0.357 e. The fraction of sp³-hybridized carbons (Fsp3) is 0.952. The van der Waals surface area contributed by atoms with E-state index in [-0.39, 0.29) is 24.0 Å². The molecule has 0 spiro atoms. The Labute approximate surface area is 186 Å². The van der Waals surface area contributed by atoms with Gasteiger partial charge in [0.05, 0.1) is 0 Å². The third kappa shape index (κ3) is 12.2. The third-order valence-corrected chi connectivity index (χ3v) is 5.69. The highest BCUT2D eigenvalue weighted by Crippen LogP contribution is 2.20. The Morgan fingerprint density at radius 1 is 1.15 bits per heavy atom. The van der Waals surface area contributed by atoms with Gasteiger partial charge in [0, 0.05) is 19.1 Å². The van der Waals surface area contributed by atoms with E-state index < -0.39 is 0 Å². The van der Waals surface area contributed by atoms with Gasteiger partial charge in [0.15, 0.2) is 5.96 Å². The molecule has 1 atom stereocenters. The molecule has 1 aliphatic rings. The monoisotopic (exact) mass is 495 g/mol. The van der Waals surface area contributed by atoms with Crippen LogP contribution in [0.25, 0.3) is 0 Å². The van der Waals surface area contributed by atoms with Gasteiger partial charge in [-0.25, -0.2) is 0 Å². The second-order valence-electron chi connectivity index (χ2n) is 7.64. The van der Waals surface area contributed by atoms with E-state index in [4.69, 9.17) is 4.99 Å². The Kier molecular flexibility index (Phi) is 16.8. The molecule has 0 aromatic rings. The van der Waals surface area contributed by atoms with Crippen molar-refractivity contribution in [1.82, 2.24) is 20.4 Å². The minimum Gasteiger partial charge on any atom is -0.357 e. The lowest BCUT2D eigenvalue weighted by molar-refractivity contribution is 0.188. The fourth-order valence-corrected chi connectivity index (χ4v) is 3.74. The first-order valence-corrected chi connectivity index (χ1v) is 11.1. The van der Waals surface area contributed by atoms with E-state index in [9.17, 15) is 0 Å². The third-order valence-electron chi connectivity index (χ3n) is 5.69. The predicted octanol–water partition coefficient (Wildman–Crippen LogP) is 3.79. The molecular weight excluding hydrogens is 449 g/mol. The van der Waals surface area contributed by atoms with E-state index in [1.165, 1.54) is 58.3 Å². The lowest BCUT2D eigenvalue weighted by Crippen LogP contribution is -2.42. The zero-order chi connectivity index (χ0) is 19.2. The van der Waals surface area contributed by atoms with Crippen molar-refractivity contribution in [3.05, 3.63) is 0 Å². The van der Waals surface area contributed by atoms with Gasteiger partial charge in [-0.1, -0.05) is 20.8 Å². The summed E-state index contributed by atoms with van der Waals surface area (Å²) in [5.74, 6) is 1.85. The van der Waals surface area contributed by atoms with Crippen molar-refractivity contribution >= 4 is 29.9 Å². The van der Waals surface area contributed by atoms with Crippen molar-refractivity contribution in [3.8, 4) is 0 Å². The Balaban J connectivity index is 0.00000676. The minimum atomic E-state index is 0. The predicted molar refractivity (Wildman–Crippen MR) is 130 cm³/mol. The van der Waals surface area contributed by atoms with E-state index in [0.29, 0.717) is 6.04 Å². The summed E-state index contributed by atoms with van der Waals surface area (Å²) in [6.45, 7) is 20.3. The van der Waals surface area contributed by atoms with E-state index in [2.05, 4.69) is 55.1 Å². The van der Waals surface area contributed by atoms with Crippen LogP contribution in [0.3, 0.4) is 0 Å². The van der Waals surface area contributed by atoms with Gasteiger partial charge in [0.25, 0.3) is 0 Å². The molecule has 1 fully saturated rings. The highest BCUT2D eigenvalue weighted by molar-refractivity contribution is 14.0. The average Bonchev–Trinajstić information content (AvgIpc) is 2.66. The van der Waals surface area contributed by atoms with E-state index >= 15 is 0 Å². The number of piperidine rings is 1. The molecule has 0 aromatic carbocycles. The van der Waals surface area contributed by atoms with Gasteiger partial charge in [0.2, 0.25) is 0 Å². The summed E-state index contributed by atoms with van der Waals surface area (Å²) in [5.41, 5.74) is 0. The SMILES string of the molecule is CCNC(=NCCC1CCN(CC)CC1)NC(C)CCCN(CC)CC.I. The van der Waals surface area contributed by atoms with Crippen molar-refractivity contribution in [1.29, 1.82) is 0 Å². The molecule has 0 saturated carbocycles. The number of rotatable bonds is 12. The van der Waals surface area contributed by atoms with Gasteiger partial charge in [0.1, 0.15) is 0 Å². The van der Waals surface area contributed by atoms with Gasteiger partial charge >= 0.3 is 0 Å². The maximum atomic E-state index is 4.83. The number of nitrogens with zero attached hydrogens (tertiary/aromatic N) is 3. The molecule has 2 N–H and O–H groups in total. The van der Waals surface area contributed by atoms with Crippen LogP contribution in [0.4, 0.5) is 0 Å². The van der Waals surface area contributed by atoms with Crippen LogP contribution in [-0.4, -0.2) is 74.2 Å². The number of hydrogen-bond acceptors (Lipinski definition) is 3. The van der Waals surface area contributed by atoms with E-state index in [0.717, 1.165) is 38.1 Å². The van der Waals surface area contributed by atoms with Crippen LogP contribution in [0.5, 0.6) is 0 Å². The molecule has 1 unspecified atom stereocenters. The van der Waals surface area contributed by atoms with E-state index in [1.54, 1.807) is 0 Å². The molecule has 1 rings (SSSR count). The second-order valence-corrected chi connectivity index (χ2v) is 7.64. The number of likely N-dealkylation sites (tertiary alicyclic amines) is 1. The van der Waals surface area contributed by atoms with Crippen LogP contribution < -0.4 is 10.6 Å². The van der Waals surface area contributed by atoms with Gasteiger partial charge in [-0.05, 0) is 91.1 Å². The van der Waals surface area contributed by atoms with Crippen LogP contribution in [0.1, 0.15) is 66.7 Å². The zero-order valence-corrected chi connectivity index (χ0v) is 20.9. The first-order valence-electron chi connectivity index (χ1n) is 11.1. The first kappa shape index (κ1) is 26.9. The summed E-state index contributed by atoms with van der Waals surface area (Å²) in [5, 5.41) is 7.00. The highest BCUT2D eigenvalue weighted by Gasteiger charge is 2.17. The van der Waals surface area contributed by atoms with Gasteiger partial charge in [-0.15, -0.1) is 24.0 Å². The van der Waals surface area contributed by atoms with Crippen molar-refractivity contribution in [2.75, 3.05) is 52.4 Å². The normalized spacial score (nSPS) is 17.6. The van der Waals surface area contributed by atoms with Gasteiger partial charge in [-0.2, -0.15) is 0 Å². The smallest absolute Gasteiger partial charge is 0.191 e. The molecule has 27 heavy (non-hydrogen) atoms. The number of aliphatic imine (C=N–C) groups is 1. The fourth-order valence-electron chi connectivity index (χ4n) is 3.74. The molecule has 0 aromatic heterocycles. The van der Waals surface area contributed by atoms with Crippen molar-refractivity contribution in [3.63, 3.8) is 0 Å². The maximum Gasteiger partial charge on any atom is 0.191 e. The zero-order valence-electron chi connectivity index (χ0n) is 18.6. The Morgan fingerprint density at radius 3 is 2.37 bits per heavy atom. The molecular formula is C21H46IN5. The van der Waals surface area contributed by atoms with Gasteiger partial charge in [-0.3, -0.25) is 4.99 Å². The van der Waals surface area contributed by atoms with Crippen LogP contribution >= 0.6 is 24.0 Å². The number of hydrogen-bond donors (Lipinski definition) is 2. The second kappa shape index (κ2) is 16.8. The summed E-state index contributed by atoms with van der Waals surface area (Å²) in [7, 11) is 0. The quantitative estimate of drug-likeness (QED) is 0.246. The summed E-state index contributed by atoms with van der Waals surface area (Å²) >= 11 is 0. The van der Waals surface area contributed by atoms with Crippen molar-refractivity contribution < 1.29 is 0 Å². The first-order chi connectivity index (χ1) is 12.6. The Bertz CT molecular complexity index is 366. The molecule has 0 amide bonds. The Hall–Kier alpha value is -0.0800. The summed E-state index contributed by atoms with van der Waals surface area (Å²) < 4.78 is 0. The van der Waals surface area contributed by atoms with Crippen LogP contribution in [0.2, 0.25) is 0 Å². The molecule has 0 bridgehead atoms. The van der Waals surface area contributed by atoms with Crippen molar-refractivity contribution in [2.24, 2.45) is 10.9 Å². The summed E-state index contributed by atoms with van der Waals surface area (Å²) in [6.07, 6.45) is 6.34. The number of halogens is 1. The topological polar surface area (TPSA) is 42.9 Å². The van der Waals surface area contributed by atoms with E-state index in [1.807, 2.05) is 0 Å². The van der Waals surface area contributed by atoms with Crippen molar-refractivity contribution in [2.45, 2.75) is 72.8 Å². The van der Waals surface area contributed by atoms with Crippen LogP contribution in [0.15, 0.2) is 4.99 Å².